The van der Waals surface area contributed by atoms with E-state index in [1.54, 1.807) is 6.07 Å². The molecule has 21 heavy (non-hydrogen) atoms. The summed E-state index contributed by atoms with van der Waals surface area (Å²) >= 11 is 0. The summed E-state index contributed by atoms with van der Waals surface area (Å²) in [5, 5.41) is 6.33. The minimum Gasteiger partial charge on any atom is -0.367 e. The van der Waals surface area contributed by atoms with Crippen LogP contribution in [0, 0.1) is 5.92 Å². The van der Waals surface area contributed by atoms with E-state index in [-0.39, 0.29) is 5.91 Å². The third-order valence-corrected chi connectivity index (χ3v) is 3.78. The molecule has 1 fully saturated rings. The molecule has 0 aromatic carbocycles. The summed E-state index contributed by atoms with van der Waals surface area (Å²) < 4.78 is 0. The maximum absolute atomic E-state index is 12.0. The Balaban J connectivity index is 1.94. The van der Waals surface area contributed by atoms with E-state index in [2.05, 4.69) is 34.4 Å². The fourth-order valence-corrected chi connectivity index (χ4v) is 2.58. The van der Waals surface area contributed by atoms with Gasteiger partial charge in [0.1, 0.15) is 17.8 Å². The number of hydrogen-bond acceptors (Lipinski definition) is 4. The highest BCUT2D eigenvalue weighted by Crippen LogP contribution is 2.20. The van der Waals surface area contributed by atoms with E-state index in [9.17, 15) is 4.79 Å². The molecule has 0 aliphatic heterocycles. The molecule has 1 heterocycles. The Kier molecular flexibility index (Phi) is 5.96. The van der Waals surface area contributed by atoms with E-state index in [1.807, 2.05) is 0 Å². The lowest BCUT2D eigenvalue weighted by atomic mass is 10.1. The van der Waals surface area contributed by atoms with Gasteiger partial charge in [-0.05, 0) is 18.8 Å². The largest absolute Gasteiger partial charge is 0.367 e. The van der Waals surface area contributed by atoms with Gasteiger partial charge in [-0.15, -0.1) is 0 Å². The molecule has 0 bridgehead atoms. The highest BCUT2D eigenvalue weighted by molar-refractivity contribution is 5.92. The molecule has 116 valence electrons. The van der Waals surface area contributed by atoms with Crippen molar-refractivity contribution in [3.05, 3.63) is 18.1 Å². The van der Waals surface area contributed by atoms with Crippen molar-refractivity contribution >= 4 is 11.7 Å². The van der Waals surface area contributed by atoms with Crippen molar-refractivity contribution in [1.82, 2.24) is 15.3 Å². The van der Waals surface area contributed by atoms with Gasteiger partial charge in [-0.25, -0.2) is 9.97 Å². The second-order valence-electron chi connectivity index (χ2n) is 6.23. The molecule has 5 nitrogen and oxygen atoms in total. The van der Waals surface area contributed by atoms with Gasteiger partial charge in [0.2, 0.25) is 0 Å². The van der Waals surface area contributed by atoms with Crippen LogP contribution in [0.15, 0.2) is 12.4 Å². The third kappa shape index (κ3) is 5.33. The molecule has 2 N–H and O–H groups in total. The topological polar surface area (TPSA) is 66.9 Å². The number of aromatic nitrogens is 2. The second-order valence-corrected chi connectivity index (χ2v) is 6.23. The zero-order valence-electron chi connectivity index (χ0n) is 13.1. The molecule has 5 heteroatoms. The summed E-state index contributed by atoms with van der Waals surface area (Å²) in [6, 6.07) is 2.22. The molecular formula is C16H26N4O. The number of amides is 1. The van der Waals surface area contributed by atoms with E-state index in [4.69, 9.17) is 0 Å². The first kappa shape index (κ1) is 15.7. The van der Waals surface area contributed by atoms with Crippen LogP contribution in [-0.4, -0.2) is 28.5 Å². The quantitative estimate of drug-likeness (QED) is 0.818. The third-order valence-electron chi connectivity index (χ3n) is 3.78. The highest BCUT2D eigenvalue weighted by Gasteiger charge is 2.14. The van der Waals surface area contributed by atoms with Gasteiger partial charge in [0, 0.05) is 18.7 Å². The average molecular weight is 290 g/mol. The van der Waals surface area contributed by atoms with Crippen LogP contribution in [0.25, 0.3) is 0 Å². The Hall–Kier alpha value is -1.65. The maximum Gasteiger partial charge on any atom is 0.270 e. The van der Waals surface area contributed by atoms with Crippen LogP contribution in [-0.2, 0) is 0 Å². The average Bonchev–Trinajstić information content (AvgIpc) is 2.73. The summed E-state index contributed by atoms with van der Waals surface area (Å²) in [4.78, 5) is 20.3. The van der Waals surface area contributed by atoms with E-state index in [1.165, 1.54) is 44.9 Å². The van der Waals surface area contributed by atoms with Crippen LogP contribution in [0.5, 0.6) is 0 Å². The van der Waals surface area contributed by atoms with E-state index >= 15 is 0 Å². The Labute approximate surface area is 127 Å². The molecule has 1 aliphatic rings. The van der Waals surface area contributed by atoms with Gasteiger partial charge in [-0.2, -0.15) is 0 Å². The first-order valence-electron chi connectivity index (χ1n) is 8.02. The van der Waals surface area contributed by atoms with E-state index in [0.29, 0.717) is 24.2 Å². The zero-order chi connectivity index (χ0) is 15.1. The Morgan fingerprint density at radius 2 is 1.95 bits per heavy atom. The number of hydrogen-bond donors (Lipinski definition) is 2. The molecule has 1 amide bonds. The van der Waals surface area contributed by atoms with E-state index < -0.39 is 0 Å². The summed E-state index contributed by atoms with van der Waals surface area (Å²) in [7, 11) is 0. The van der Waals surface area contributed by atoms with Crippen molar-refractivity contribution in [3.8, 4) is 0 Å². The molecule has 0 saturated heterocycles. The lowest BCUT2D eigenvalue weighted by Crippen LogP contribution is -2.28. The van der Waals surface area contributed by atoms with Crippen molar-refractivity contribution in [2.45, 2.75) is 58.4 Å². The SMILES string of the molecule is CC(C)CNC(=O)c1cc(NC2CCCCCC2)ncn1. The highest BCUT2D eigenvalue weighted by atomic mass is 16.1. The smallest absolute Gasteiger partial charge is 0.270 e. The number of nitrogens with zero attached hydrogens (tertiary/aromatic N) is 2. The van der Waals surface area contributed by atoms with Crippen LogP contribution >= 0.6 is 0 Å². The molecule has 0 atom stereocenters. The summed E-state index contributed by atoms with van der Waals surface area (Å²) in [6.45, 7) is 4.80. The number of carbonyl (C=O) groups is 1. The molecule has 2 rings (SSSR count). The minimum absolute atomic E-state index is 0.130. The van der Waals surface area contributed by atoms with Gasteiger partial charge >= 0.3 is 0 Å². The predicted octanol–water partition coefficient (Wildman–Crippen LogP) is 3.00. The summed E-state index contributed by atoms with van der Waals surface area (Å²) in [5.74, 6) is 1.06. The molecule has 1 aliphatic carbocycles. The van der Waals surface area contributed by atoms with E-state index in [0.717, 1.165) is 5.82 Å². The number of anilines is 1. The Morgan fingerprint density at radius 1 is 1.24 bits per heavy atom. The molecule has 0 spiro atoms. The summed E-state index contributed by atoms with van der Waals surface area (Å²) in [5.41, 5.74) is 0.432. The number of rotatable bonds is 5. The van der Waals surface area contributed by atoms with Gasteiger partial charge in [0.25, 0.3) is 5.91 Å². The van der Waals surface area contributed by atoms with Crippen LogP contribution in [0.4, 0.5) is 5.82 Å². The summed E-state index contributed by atoms with van der Waals surface area (Å²) in [6.07, 6.45) is 9.01. The molecule has 0 radical (unpaired) electrons. The predicted molar refractivity (Wildman–Crippen MR) is 84.3 cm³/mol. The lowest BCUT2D eigenvalue weighted by molar-refractivity contribution is 0.0944. The molecule has 0 unspecified atom stereocenters. The van der Waals surface area contributed by atoms with Crippen LogP contribution in [0.2, 0.25) is 0 Å². The fourth-order valence-electron chi connectivity index (χ4n) is 2.58. The van der Waals surface area contributed by atoms with Crippen molar-refractivity contribution in [2.75, 3.05) is 11.9 Å². The molecule has 1 aromatic heterocycles. The van der Waals surface area contributed by atoms with Gasteiger partial charge in [-0.1, -0.05) is 39.5 Å². The zero-order valence-corrected chi connectivity index (χ0v) is 13.1. The molecule has 1 saturated carbocycles. The first-order chi connectivity index (χ1) is 10.1. The number of nitrogens with one attached hydrogen (secondary N) is 2. The van der Waals surface area contributed by atoms with Gasteiger partial charge < -0.3 is 10.6 Å². The minimum atomic E-state index is -0.130. The number of carbonyl (C=O) groups excluding carboxylic acids is 1. The Morgan fingerprint density at radius 3 is 2.62 bits per heavy atom. The first-order valence-corrected chi connectivity index (χ1v) is 8.02. The van der Waals surface area contributed by atoms with Crippen LogP contribution in [0.3, 0.4) is 0 Å². The Bertz CT molecular complexity index is 453. The van der Waals surface area contributed by atoms with Gasteiger partial charge in [0.15, 0.2) is 0 Å². The molecule has 1 aromatic rings. The normalized spacial score (nSPS) is 16.5. The van der Waals surface area contributed by atoms with Gasteiger partial charge in [-0.3, -0.25) is 4.79 Å². The molecular weight excluding hydrogens is 264 g/mol. The lowest BCUT2D eigenvalue weighted by Gasteiger charge is -2.17. The van der Waals surface area contributed by atoms with Crippen molar-refractivity contribution in [3.63, 3.8) is 0 Å². The van der Waals surface area contributed by atoms with Crippen LogP contribution in [0.1, 0.15) is 62.9 Å². The van der Waals surface area contributed by atoms with Crippen molar-refractivity contribution in [2.24, 2.45) is 5.92 Å². The van der Waals surface area contributed by atoms with Crippen molar-refractivity contribution < 1.29 is 4.79 Å². The van der Waals surface area contributed by atoms with Gasteiger partial charge in [0.05, 0.1) is 0 Å². The maximum atomic E-state index is 12.0. The second kappa shape index (κ2) is 7.96. The monoisotopic (exact) mass is 290 g/mol. The van der Waals surface area contributed by atoms with Crippen molar-refractivity contribution in [1.29, 1.82) is 0 Å². The standard InChI is InChI=1S/C16H26N4O/c1-12(2)10-17-16(21)14-9-15(19-11-18-14)20-13-7-5-3-4-6-8-13/h9,11-13H,3-8,10H2,1-2H3,(H,17,21)(H,18,19,20). The fraction of sp³-hybridized carbons (Fsp3) is 0.688. The van der Waals surface area contributed by atoms with Crippen LogP contribution < -0.4 is 10.6 Å².